The molecule has 9 nitrogen and oxygen atoms in total. The molecular weight excluding hydrogens is 586 g/mol. The van der Waals surface area contributed by atoms with E-state index in [2.05, 4.69) is 10.3 Å². The highest BCUT2D eigenvalue weighted by Crippen LogP contribution is 2.50. The Hall–Kier alpha value is -0.140. The van der Waals surface area contributed by atoms with Gasteiger partial charge in [0.15, 0.2) is 15.0 Å². The molecule has 1 aliphatic carbocycles. The number of nitrogens with zero attached hydrogens (tertiary/aromatic N) is 4. The summed E-state index contributed by atoms with van der Waals surface area (Å²) in [6, 6.07) is 0. The van der Waals surface area contributed by atoms with Crippen molar-refractivity contribution < 1.29 is 22.6 Å². The average molecular weight is 611 g/mol. The molecule has 1 atom stereocenters. The zero-order chi connectivity index (χ0) is 23.2. The second-order valence-electron chi connectivity index (χ2n) is 8.02. The summed E-state index contributed by atoms with van der Waals surface area (Å²) in [4.78, 5) is 14.7. The molecule has 0 spiro atoms. The van der Waals surface area contributed by atoms with Crippen molar-refractivity contribution in [3.63, 3.8) is 0 Å². The van der Waals surface area contributed by atoms with Gasteiger partial charge in [-0.25, -0.2) is 8.42 Å². The van der Waals surface area contributed by atoms with Crippen LogP contribution in [-0.2, 0) is 27.5 Å². The lowest BCUT2D eigenvalue weighted by Gasteiger charge is -2.35. The summed E-state index contributed by atoms with van der Waals surface area (Å²) in [5.74, 6) is -0.319. The average Bonchev–Trinajstić information content (AvgIpc) is 3.40. The molecule has 0 aromatic carbocycles. The second kappa shape index (κ2) is 9.01. The first-order valence-electron chi connectivity index (χ1n) is 9.53. The predicted molar refractivity (Wildman–Crippen MR) is 128 cm³/mol. The molecule has 14 heteroatoms. The number of aromatic nitrogens is 2. The Kier molecular flexibility index (Phi) is 6.92. The van der Waals surface area contributed by atoms with Crippen molar-refractivity contribution in [1.29, 1.82) is 1.28 Å². The minimum atomic E-state index is -3.63. The van der Waals surface area contributed by atoms with E-state index in [1.165, 1.54) is 4.68 Å². The van der Waals surface area contributed by atoms with Gasteiger partial charge in [0.2, 0.25) is 0 Å². The van der Waals surface area contributed by atoms with Crippen molar-refractivity contribution in [1.82, 2.24) is 14.7 Å². The molecule has 1 N–H and O–H groups in total. The second-order valence-corrected chi connectivity index (χ2v) is 16.3. The van der Waals surface area contributed by atoms with Gasteiger partial charge >= 0.3 is 0 Å². The van der Waals surface area contributed by atoms with Crippen LogP contribution in [0, 0.1) is 0 Å². The number of carbonyl (C=O) groups excluding carboxylic acids is 1. The van der Waals surface area contributed by atoms with E-state index in [1.807, 2.05) is 22.0 Å². The Labute approximate surface area is 200 Å². The van der Waals surface area contributed by atoms with E-state index < -0.39 is 24.7 Å². The molecule has 168 valence electrons. The monoisotopic (exact) mass is 610 g/mol. The molecular formula is C16H23ClIN4O5PS2. The highest BCUT2D eigenvalue weighted by molar-refractivity contribution is 14.2. The Morgan fingerprint density at radius 3 is 2.80 bits per heavy atom. The predicted octanol–water partition coefficient (Wildman–Crippen LogP) is 3.13. The fraction of sp³-hybridized carbons (Fsp3) is 0.688. The topological polar surface area (TPSA) is 114 Å². The van der Waals surface area contributed by atoms with E-state index >= 15 is 0 Å². The first kappa shape index (κ1) is 23.0. The maximum absolute atomic E-state index is 13.5. The van der Waals surface area contributed by atoms with Gasteiger partial charge in [-0.3, -0.25) is 9.48 Å². The van der Waals surface area contributed by atoms with Gasteiger partial charge in [-0.05, 0) is 55.2 Å². The lowest BCUT2D eigenvalue weighted by Crippen LogP contribution is -2.51. The zero-order valence-corrected chi connectivity index (χ0v) is 22.1. The van der Waals surface area contributed by atoms with Crippen LogP contribution in [0.3, 0.4) is 0 Å². The number of fused-ring (bicyclic) bond motifs is 1. The van der Waals surface area contributed by atoms with Crippen molar-refractivity contribution in [2.75, 3.05) is 19.7 Å². The molecule has 2 aliphatic rings. The number of aryl methyl sites for hydroxylation is 1. The van der Waals surface area contributed by atoms with Crippen molar-refractivity contribution in [3.05, 3.63) is 17.0 Å². The van der Waals surface area contributed by atoms with Crippen LogP contribution in [0.1, 0.15) is 48.4 Å². The summed E-state index contributed by atoms with van der Waals surface area (Å²) in [6.45, 7) is 3.65. The molecule has 1 aromatic rings. The number of hydrogen-bond acceptors (Lipinski definition) is 8. The van der Waals surface area contributed by atoms with Crippen molar-refractivity contribution in [2.45, 2.75) is 42.6 Å². The Bertz CT molecular complexity index is 1020. The number of halogens is 2. The third-order valence-corrected chi connectivity index (χ3v) is 11.3. The lowest BCUT2D eigenvalue weighted by molar-refractivity contribution is 0.0724. The molecule has 0 radical (unpaired) electrons. The molecule has 0 saturated heterocycles. The van der Waals surface area contributed by atoms with Crippen LogP contribution < -0.4 is 0 Å². The van der Waals surface area contributed by atoms with Crippen molar-refractivity contribution in [2.24, 2.45) is 12.2 Å². The van der Waals surface area contributed by atoms with Crippen LogP contribution in [-0.4, -0.2) is 69.9 Å². The van der Waals surface area contributed by atoms with Crippen molar-refractivity contribution in [3.8, 4) is 0 Å². The molecule has 1 aromatic heterocycles. The van der Waals surface area contributed by atoms with E-state index in [9.17, 15) is 13.2 Å². The zero-order valence-electron chi connectivity index (χ0n) is 17.6. The van der Waals surface area contributed by atoms with Crippen LogP contribution in [0.25, 0.3) is 0 Å². The Morgan fingerprint density at radius 1 is 1.57 bits per heavy atom. The van der Waals surface area contributed by atoms with Gasteiger partial charge in [0.25, 0.3) is 5.91 Å². The minimum Gasteiger partial charge on any atom is -0.410 e. The van der Waals surface area contributed by atoms with E-state index in [0.29, 0.717) is 37.1 Å². The molecule has 2 heterocycles. The van der Waals surface area contributed by atoms with Gasteiger partial charge in [-0.15, -0.1) is 0 Å². The van der Waals surface area contributed by atoms with Gasteiger partial charge in [0.05, 0.1) is 17.4 Å². The Balaban J connectivity index is 1.80. The molecule has 30 heavy (non-hydrogen) atoms. The Morgan fingerprint density at radius 2 is 2.23 bits per heavy atom. The summed E-state index contributed by atoms with van der Waals surface area (Å²) in [5.41, 5.74) is 1.17. The van der Waals surface area contributed by atoms with E-state index in [4.69, 9.17) is 22.3 Å². The maximum atomic E-state index is 13.5. The molecule has 1 unspecified atom stereocenters. The van der Waals surface area contributed by atoms with Gasteiger partial charge in [-0.1, -0.05) is 16.8 Å². The largest absolute Gasteiger partial charge is 0.410 e. The third kappa shape index (κ3) is 4.24. The van der Waals surface area contributed by atoms with E-state index in [-0.39, 0.29) is 29.9 Å². The molecule has 1 fully saturated rings. The summed E-state index contributed by atoms with van der Waals surface area (Å²) >= 11 is 8.82. The first-order chi connectivity index (χ1) is 14.4. The number of amides is 1. The quantitative estimate of drug-likeness (QED) is 0.114. The minimum absolute atomic E-state index is 0.0232. The number of carbonyl (C=O) groups is 1. The first-order valence-corrected chi connectivity index (χ1v) is 16.0. The summed E-state index contributed by atoms with van der Waals surface area (Å²) in [7, 11) is -2.03. The summed E-state index contributed by atoms with van der Waals surface area (Å²) in [5, 5.41) is 14.8. The molecule has 0 bridgehead atoms. The molecule has 1 aliphatic heterocycles. The molecule has 1 amide bonds. The summed E-state index contributed by atoms with van der Waals surface area (Å²) < 4.78 is 39.2. The standard InChI is InChI=1S/C16H23ClIN4O5PS2/c1-15(2,9-27-29-28-18)30(25,26)16(5-6-16)8-22-7-4-10-11(13(17)20-24)19-21(3)12(10)14(22)23/h24,28H,4-9H2,1-3H3/b20-13-/i28T. The van der Waals surface area contributed by atoms with E-state index in [0.717, 1.165) is 11.7 Å². The van der Waals surface area contributed by atoms with Crippen LogP contribution >= 0.6 is 50.7 Å². The van der Waals surface area contributed by atoms with Gasteiger partial charge in [-0.2, -0.15) is 5.10 Å². The van der Waals surface area contributed by atoms with Gasteiger partial charge < -0.3 is 14.3 Å². The van der Waals surface area contributed by atoms with Crippen LogP contribution in [0.5, 0.6) is 0 Å². The number of sulfone groups is 1. The fourth-order valence-corrected chi connectivity index (χ4v) is 8.05. The third-order valence-electron chi connectivity index (χ3n) is 5.62. The number of rotatable bonds is 9. The van der Waals surface area contributed by atoms with Crippen LogP contribution in [0.2, 0.25) is 0 Å². The fourth-order valence-electron chi connectivity index (χ4n) is 3.79. The maximum Gasteiger partial charge on any atom is 0.272 e. The van der Waals surface area contributed by atoms with Crippen LogP contribution in [0.15, 0.2) is 5.16 Å². The lowest BCUT2D eigenvalue weighted by atomic mass is 10.0. The van der Waals surface area contributed by atoms with Gasteiger partial charge in [0, 0.05) is 42.7 Å². The van der Waals surface area contributed by atoms with Gasteiger partial charge in [0.1, 0.15) is 11.4 Å². The summed E-state index contributed by atoms with van der Waals surface area (Å²) in [6.07, 6.45) is 1.40. The molecule has 3 rings (SSSR count). The van der Waals surface area contributed by atoms with Crippen molar-refractivity contribution >= 4 is 71.6 Å². The smallest absolute Gasteiger partial charge is 0.272 e. The van der Waals surface area contributed by atoms with E-state index in [1.54, 1.807) is 25.8 Å². The highest BCUT2D eigenvalue weighted by atomic mass is 127. The molecule has 1 saturated carbocycles. The number of oxime groups is 1. The SMILES string of the molecule is [3H]P(I)SOCC(C)(C)S(=O)(=O)C1(CN2CCc3c(/C(Cl)=N/O)nn(C)c3C2=O)CC1. The van der Waals surface area contributed by atoms with Crippen LogP contribution in [0.4, 0.5) is 0 Å². The number of hydrogen-bond donors (Lipinski definition) is 1. The highest BCUT2D eigenvalue weighted by Gasteiger charge is 2.61. The normalized spacial score (nSPS) is 20.7.